The van der Waals surface area contributed by atoms with Crippen molar-refractivity contribution >= 4 is 11.3 Å². The Balaban J connectivity index is 1.24. The number of nitrogens with two attached hydrogens (primary N) is 1. The zero-order valence-corrected chi connectivity index (χ0v) is 42.7. The summed E-state index contributed by atoms with van der Waals surface area (Å²) in [6.45, 7) is 29.6. The van der Waals surface area contributed by atoms with Gasteiger partial charge < -0.3 is 5.73 Å². The van der Waals surface area contributed by atoms with Crippen LogP contribution >= 0.6 is 0 Å². The summed E-state index contributed by atoms with van der Waals surface area (Å²) < 4.78 is 0. The maximum atomic E-state index is 7.32. The monoisotopic (exact) mass is 872 g/mol. The molecular formula is C65H77N. The first-order valence-electron chi connectivity index (χ1n) is 25.7. The first-order valence-corrected chi connectivity index (χ1v) is 25.7. The van der Waals surface area contributed by atoms with Gasteiger partial charge in [-0.05, 0) is 212 Å². The zero-order valence-electron chi connectivity index (χ0n) is 42.7. The maximum Gasteiger partial charge on any atom is 0.0396 e. The van der Waals surface area contributed by atoms with Crippen molar-refractivity contribution < 1.29 is 0 Å². The zero-order chi connectivity index (χ0) is 46.7. The molecule has 5 aliphatic carbocycles. The molecule has 0 saturated heterocycles. The molecule has 0 amide bonds. The summed E-state index contributed by atoms with van der Waals surface area (Å²) in [6, 6.07) is 33.5. The SMILES string of the molecule is Cc1cc(-c2cccc(-c3c(N)ccc4c3CCCC4)c2C2=C(Cc3ccc4c(c3)C(C)(C)CCC4(C)C)C3=C(C=C(C(C)(C)CCC(C)(C)C)CC3)C2(C)C)cc2c1-c1ccccc1C2. The Bertz CT molecular complexity index is 2900. The van der Waals surface area contributed by atoms with Gasteiger partial charge in [0, 0.05) is 16.7 Å². The molecule has 0 aromatic heterocycles. The molecule has 5 aliphatic rings. The Morgan fingerprint density at radius 2 is 1.32 bits per heavy atom. The number of rotatable bonds is 8. The lowest BCUT2D eigenvalue weighted by atomic mass is 9.63. The van der Waals surface area contributed by atoms with Gasteiger partial charge in [0.15, 0.2) is 0 Å². The van der Waals surface area contributed by atoms with E-state index in [1.165, 1.54) is 122 Å². The molecule has 1 nitrogen and oxygen atoms in total. The number of benzene rings is 5. The van der Waals surface area contributed by atoms with Crippen LogP contribution in [-0.2, 0) is 36.5 Å². The number of allylic oxidation sites excluding steroid dienone is 6. The lowest BCUT2D eigenvalue weighted by Crippen LogP contribution is -2.33. The van der Waals surface area contributed by atoms with Crippen molar-refractivity contribution in [1.82, 2.24) is 0 Å². The highest BCUT2D eigenvalue weighted by Gasteiger charge is 2.45. The van der Waals surface area contributed by atoms with E-state index in [2.05, 4.69) is 174 Å². The molecule has 5 aromatic rings. The second-order valence-electron chi connectivity index (χ2n) is 25.1. The highest BCUT2D eigenvalue weighted by atomic mass is 14.6. The predicted molar refractivity (Wildman–Crippen MR) is 284 cm³/mol. The Kier molecular flexibility index (Phi) is 10.8. The van der Waals surface area contributed by atoms with Crippen LogP contribution in [0.15, 0.2) is 113 Å². The van der Waals surface area contributed by atoms with Gasteiger partial charge in [-0.2, -0.15) is 0 Å². The van der Waals surface area contributed by atoms with Gasteiger partial charge in [-0.15, -0.1) is 0 Å². The second-order valence-corrected chi connectivity index (χ2v) is 25.1. The van der Waals surface area contributed by atoms with Crippen LogP contribution in [0.5, 0.6) is 0 Å². The van der Waals surface area contributed by atoms with E-state index in [0.29, 0.717) is 5.41 Å². The van der Waals surface area contributed by atoms with Crippen LogP contribution in [0.25, 0.3) is 39.0 Å². The summed E-state index contributed by atoms with van der Waals surface area (Å²) in [6.07, 6.45) is 16.3. The largest absolute Gasteiger partial charge is 0.398 e. The molecular weight excluding hydrogens is 795 g/mol. The normalized spacial score (nSPS) is 19.2. The molecule has 5 aromatic carbocycles. The standard InChI is InChI=1S/C65H77N/c1-40-34-44(38-45-37-43-19-14-16-21-48(43)57(40)45)49-22-17-23-51(58-47-20-15-13-18-42(47)25-29-56(58)66)59(49)60-52(35-41-24-28-53-55(36-41)64(9,10)33-32-63(53,7)8)50-27-26-46(39-54(50)65(60,11)12)62(5,6)31-30-61(2,3)4/h14,16-17,19,21-25,28-29,34,36,38-39H,13,15,18,20,26-27,30-33,35,37,66H2,1-12H3. The first-order chi connectivity index (χ1) is 31.1. The van der Waals surface area contributed by atoms with E-state index in [9.17, 15) is 0 Å². The molecule has 0 aliphatic heterocycles. The molecule has 0 saturated carbocycles. The van der Waals surface area contributed by atoms with Crippen molar-refractivity contribution in [1.29, 1.82) is 0 Å². The van der Waals surface area contributed by atoms with Crippen molar-refractivity contribution in [2.45, 2.75) is 171 Å². The van der Waals surface area contributed by atoms with Gasteiger partial charge in [0.2, 0.25) is 0 Å². The highest BCUT2D eigenvalue weighted by molar-refractivity contribution is 6.01. The molecule has 1 heteroatoms. The lowest BCUT2D eigenvalue weighted by molar-refractivity contribution is 0.283. The molecule has 0 heterocycles. The van der Waals surface area contributed by atoms with E-state index < -0.39 is 0 Å². The summed E-state index contributed by atoms with van der Waals surface area (Å²) in [5.74, 6) is 0. The van der Waals surface area contributed by atoms with E-state index in [1.54, 1.807) is 27.9 Å². The third kappa shape index (κ3) is 7.60. The van der Waals surface area contributed by atoms with E-state index in [-0.39, 0.29) is 21.7 Å². The van der Waals surface area contributed by atoms with Crippen LogP contribution in [0.2, 0.25) is 0 Å². The van der Waals surface area contributed by atoms with Crippen LogP contribution in [0.3, 0.4) is 0 Å². The van der Waals surface area contributed by atoms with Gasteiger partial charge in [-0.1, -0.05) is 167 Å². The summed E-state index contributed by atoms with van der Waals surface area (Å²) in [5, 5.41) is 0. The van der Waals surface area contributed by atoms with Crippen molar-refractivity contribution in [2.75, 3.05) is 5.73 Å². The summed E-state index contributed by atoms with van der Waals surface area (Å²) in [4.78, 5) is 0. The predicted octanol–water partition coefficient (Wildman–Crippen LogP) is 17.6. The fourth-order valence-electron chi connectivity index (χ4n) is 13.4. The molecule has 0 atom stereocenters. The minimum Gasteiger partial charge on any atom is -0.398 e. The lowest BCUT2D eigenvalue weighted by Gasteiger charge is -2.42. The topological polar surface area (TPSA) is 26.0 Å². The van der Waals surface area contributed by atoms with Gasteiger partial charge in [0.1, 0.15) is 0 Å². The summed E-state index contributed by atoms with van der Waals surface area (Å²) in [5.41, 5.74) is 37.8. The molecule has 0 radical (unpaired) electrons. The van der Waals surface area contributed by atoms with Crippen LogP contribution in [-0.4, -0.2) is 0 Å². The van der Waals surface area contributed by atoms with Crippen molar-refractivity contribution in [2.24, 2.45) is 16.2 Å². The third-order valence-electron chi connectivity index (χ3n) is 17.5. The summed E-state index contributed by atoms with van der Waals surface area (Å²) >= 11 is 0. The van der Waals surface area contributed by atoms with Gasteiger partial charge in [0.05, 0.1) is 0 Å². The Morgan fingerprint density at radius 1 is 0.606 bits per heavy atom. The number of fused-ring (bicyclic) bond motifs is 5. The number of hydrogen-bond acceptors (Lipinski definition) is 1. The second kappa shape index (κ2) is 15.9. The van der Waals surface area contributed by atoms with Crippen LogP contribution in [0, 0.1) is 23.2 Å². The number of nitrogen functional groups attached to an aromatic ring is 1. The summed E-state index contributed by atoms with van der Waals surface area (Å²) in [7, 11) is 0. The Labute approximate surface area is 399 Å². The van der Waals surface area contributed by atoms with Crippen LogP contribution in [0.4, 0.5) is 5.69 Å². The van der Waals surface area contributed by atoms with E-state index in [4.69, 9.17) is 5.73 Å². The number of anilines is 1. The average Bonchev–Trinajstić information content (AvgIpc) is 3.75. The molecule has 10 rings (SSSR count). The molecule has 0 fully saturated rings. The van der Waals surface area contributed by atoms with Crippen molar-refractivity contribution in [3.8, 4) is 33.4 Å². The smallest absolute Gasteiger partial charge is 0.0396 e. The van der Waals surface area contributed by atoms with E-state index >= 15 is 0 Å². The number of hydrogen-bond donors (Lipinski definition) is 1. The molecule has 66 heavy (non-hydrogen) atoms. The molecule has 0 bridgehead atoms. The van der Waals surface area contributed by atoms with E-state index in [1.807, 2.05) is 0 Å². The van der Waals surface area contributed by atoms with Crippen molar-refractivity contribution in [3.05, 3.63) is 163 Å². The van der Waals surface area contributed by atoms with Crippen LogP contribution < -0.4 is 5.73 Å². The molecule has 0 spiro atoms. The Morgan fingerprint density at radius 3 is 2.09 bits per heavy atom. The third-order valence-corrected chi connectivity index (χ3v) is 17.5. The minimum atomic E-state index is -0.248. The van der Waals surface area contributed by atoms with E-state index in [0.717, 1.165) is 44.2 Å². The quantitative estimate of drug-likeness (QED) is 0.152. The van der Waals surface area contributed by atoms with Crippen LogP contribution in [0.1, 0.15) is 178 Å². The maximum absolute atomic E-state index is 7.32. The van der Waals surface area contributed by atoms with Gasteiger partial charge in [-0.3, -0.25) is 0 Å². The highest BCUT2D eigenvalue weighted by Crippen LogP contribution is 2.61. The van der Waals surface area contributed by atoms with Gasteiger partial charge in [0.25, 0.3) is 0 Å². The molecule has 0 unspecified atom stereocenters. The van der Waals surface area contributed by atoms with Crippen molar-refractivity contribution in [3.63, 3.8) is 0 Å². The van der Waals surface area contributed by atoms with Gasteiger partial charge >= 0.3 is 0 Å². The molecule has 2 N–H and O–H groups in total. The fourth-order valence-corrected chi connectivity index (χ4v) is 13.4. The van der Waals surface area contributed by atoms with Gasteiger partial charge in [-0.25, -0.2) is 0 Å². The number of aryl methyl sites for hydroxylation is 2. The first kappa shape index (κ1) is 44.9. The minimum absolute atomic E-state index is 0.127. The average molecular weight is 872 g/mol. The molecule has 342 valence electrons. The fraction of sp³-hybridized carbons (Fsp3) is 0.446. The Hall–Kier alpha value is -4.88.